The van der Waals surface area contributed by atoms with Crippen LogP contribution in [0.2, 0.25) is 0 Å². The maximum atomic E-state index is 13.1. The SMILES string of the molecule is O=S(=O)(CCC[C@H]1CCCN1CCCCCCC1=C(c2cccc(O)c2)CCCc2cc(O)ccc21)CCCC(F)(F)C(F)(F)F. The Hall–Kier alpha value is -2.66. The highest BCUT2D eigenvalue weighted by Gasteiger charge is 2.56. The van der Waals surface area contributed by atoms with Crippen molar-refractivity contribution in [2.45, 2.75) is 108 Å². The van der Waals surface area contributed by atoms with Gasteiger partial charge < -0.3 is 15.1 Å². The Morgan fingerprint density at radius 3 is 2.33 bits per heavy atom. The third-order valence-corrected chi connectivity index (χ3v) is 11.1. The zero-order valence-electron chi connectivity index (χ0n) is 26.3. The van der Waals surface area contributed by atoms with Crippen LogP contribution in [0.1, 0.15) is 100 Å². The molecule has 1 fully saturated rings. The van der Waals surface area contributed by atoms with Crippen molar-refractivity contribution in [1.29, 1.82) is 0 Å². The number of unbranched alkanes of at least 4 members (excludes halogenated alkanes) is 3. The Labute approximate surface area is 269 Å². The van der Waals surface area contributed by atoms with E-state index >= 15 is 0 Å². The minimum atomic E-state index is -5.66. The molecular formula is C35H46F5NO4S. The lowest BCUT2D eigenvalue weighted by molar-refractivity contribution is -0.284. The Kier molecular flexibility index (Phi) is 12.6. The largest absolute Gasteiger partial charge is 0.508 e. The molecule has 1 aliphatic carbocycles. The third-order valence-electron chi connectivity index (χ3n) is 9.32. The Bertz CT molecular complexity index is 1440. The van der Waals surface area contributed by atoms with E-state index in [4.69, 9.17) is 0 Å². The monoisotopic (exact) mass is 671 g/mol. The summed E-state index contributed by atoms with van der Waals surface area (Å²) in [6, 6.07) is 13.3. The fourth-order valence-electron chi connectivity index (χ4n) is 6.93. The van der Waals surface area contributed by atoms with Gasteiger partial charge in [-0.3, -0.25) is 0 Å². The molecule has 46 heavy (non-hydrogen) atoms. The van der Waals surface area contributed by atoms with Gasteiger partial charge in [-0.05, 0) is 136 Å². The highest BCUT2D eigenvalue weighted by atomic mass is 32.2. The predicted octanol–water partition coefficient (Wildman–Crippen LogP) is 8.93. The van der Waals surface area contributed by atoms with Gasteiger partial charge in [0, 0.05) is 12.5 Å². The van der Waals surface area contributed by atoms with E-state index in [0.717, 1.165) is 88.4 Å². The van der Waals surface area contributed by atoms with E-state index < -0.39 is 40.5 Å². The van der Waals surface area contributed by atoms with Crippen molar-refractivity contribution in [3.63, 3.8) is 0 Å². The molecular weight excluding hydrogens is 625 g/mol. The van der Waals surface area contributed by atoms with Gasteiger partial charge in [-0.2, -0.15) is 22.0 Å². The normalized spacial score (nSPS) is 18.2. The van der Waals surface area contributed by atoms with E-state index in [1.165, 1.54) is 16.7 Å². The molecule has 2 aromatic rings. The van der Waals surface area contributed by atoms with Gasteiger partial charge in [-0.15, -0.1) is 0 Å². The summed E-state index contributed by atoms with van der Waals surface area (Å²) in [6.07, 6.45) is 2.94. The molecule has 256 valence electrons. The Morgan fingerprint density at radius 1 is 0.826 bits per heavy atom. The van der Waals surface area contributed by atoms with E-state index in [0.29, 0.717) is 12.8 Å². The van der Waals surface area contributed by atoms with Crippen LogP contribution in [0.5, 0.6) is 11.5 Å². The molecule has 0 amide bonds. The molecule has 1 aliphatic heterocycles. The zero-order valence-corrected chi connectivity index (χ0v) is 27.1. The highest BCUT2D eigenvalue weighted by Crippen LogP contribution is 2.41. The van der Waals surface area contributed by atoms with Gasteiger partial charge in [0.2, 0.25) is 0 Å². The molecule has 0 bridgehead atoms. The van der Waals surface area contributed by atoms with Crippen molar-refractivity contribution in [3.8, 4) is 11.5 Å². The molecule has 4 rings (SSSR count). The fourth-order valence-corrected chi connectivity index (χ4v) is 8.33. The molecule has 1 atom stereocenters. The zero-order chi connectivity index (χ0) is 33.4. The second-order valence-electron chi connectivity index (χ2n) is 12.8. The minimum absolute atomic E-state index is 0.196. The second kappa shape index (κ2) is 16.0. The van der Waals surface area contributed by atoms with Crippen LogP contribution in [0, 0.1) is 0 Å². The summed E-state index contributed by atoms with van der Waals surface area (Å²) in [7, 11) is -3.69. The summed E-state index contributed by atoms with van der Waals surface area (Å²) >= 11 is 0. The molecule has 0 aromatic heterocycles. The number of aryl methyl sites for hydroxylation is 1. The number of rotatable bonds is 16. The molecule has 2 aliphatic rings. The summed E-state index contributed by atoms with van der Waals surface area (Å²) in [4.78, 5) is 2.40. The van der Waals surface area contributed by atoms with Gasteiger partial charge in [0.25, 0.3) is 0 Å². The Balaban J connectivity index is 1.22. The van der Waals surface area contributed by atoms with Crippen LogP contribution in [0.4, 0.5) is 22.0 Å². The first-order valence-electron chi connectivity index (χ1n) is 16.5. The number of likely N-dealkylation sites (tertiary alicyclic amines) is 1. The first-order chi connectivity index (χ1) is 21.8. The van der Waals surface area contributed by atoms with Crippen molar-refractivity contribution in [1.82, 2.24) is 4.90 Å². The standard InChI is InChI=1S/C35H46F5NO4S/c36-34(37,35(38,39)40)19-9-23-46(44,45)22-8-13-28-12-7-21-41(28)20-4-2-1-3-15-33-31(26-10-5-14-29(42)24-26)16-6-11-27-25-30(43)17-18-32(27)33/h5,10,14,17-18,24-25,28,42-43H,1-4,6-9,11-13,15-16,19-23H2/t28-/m1/s1. The van der Waals surface area contributed by atoms with E-state index in [1.807, 2.05) is 30.3 Å². The summed E-state index contributed by atoms with van der Waals surface area (Å²) in [5.74, 6) is -5.21. The van der Waals surface area contributed by atoms with Crippen LogP contribution in [0.15, 0.2) is 42.5 Å². The number of sulfone groups is 1. The molecule has 0 radical (unpaired) electrons. The number of phenols is 2. The summed E-state index contributed by atoms with van der Waals surface area (Å²) in [5.41, 5.74) is 5.89. The van der Waals surface area contributed by atoms with E-state index in [-0.39, 0.29) is 23.3 Å². The van der Waals surface area contributed by atoms with Gasteiger partial charge in [-0.1, -0.05) is 31.0 Å². The average molecular weight is 672 g/mol. The molecule has 1 heterocycles. The predicted molar refractivity (Wildman–Crippen MR) is 172 cm³/mol. The van der Waals surface area contributed by atoms with Crippen LogP contribution in [0.3, 0.4) is 0 Å². The molecule has 2 N–H and O–H groups in total. The number of hydrogen-bond donors (Lipinski definition) is 2. The van der Waals surface area contributed by atoms with Crippen LogP contribution >= 0.6 is 0 Å². The van der Waals surface area contributed by atoms with Gasteiger partial charge in [0.1, 0.15) is 21.3 Å². The third kappa shape index (κ3) is 10.2. The van der Waals surface area contributed by atoms with Crippen LogP contribution in [0.25, 0.3) is 11.1 Å². The summed E-state index contributed by atoms with van der Waals surface area (Å²) in [5, 5.41) is 20.2. The van der Waals surface area contributed by atoms with Gasteiger partial charge >= 0.3 is 12.1 Å². The number of hydrogen-bond acceptors (Lipinski definition) is 5. The Morgan fingerprint density at radius 2 is 1.57 bits per heavy atom. The molecule has 1 saturated heterocycles. The number of nitrogens with zero attached hydrogens (tertiary/aromatic N) is 1. The van der Waals surface area contributed by atoms with E-state index in [9.17, 15) is 40.6 Å². The van der Waals surface area contributed by atoms with Crippen LogP contribution < -0.4 is 0 Å². The first kappa shape index (κ1) is 36.2. The maximum absolute atomic E-state index is 13.1. The van der Waals surface area contributed by atoms with Gasteiger partial charge in [0.05, 0.1) is 11.5 Å². The average Bonchev–Trinajstić information content (AvgIpc) is 3.33. The fraction of sp³-hybridized carbons (Fsp3) is 0.600. The number of benzene rings is 2. The number of phenolic OH excluding ortho intramolecular Hbond substituents is 2. The van der Waals surface area contributed by atoms with Crippen molar-refractivity contribution in [3.05, 3.63) is 59.2 Å². The number of alkyl halides is 5. The van der Waals surface area contributed by atoms with E-state index in [1.54, 1.807) is 12.1 Å². The summed E-state index contributed by atoms with van der Waals surface area (Å²) < 4.78 is 87.7. The first-order valence-corrected chi connectivity index (χ1v) is 18.3. The molecule has 0 unspecified atom stereocenters. The maximum Gasteiger partial charge on any atom is 0.453 e. The highest BCUT2D eigenvalue weighted by molar-refractivity contribution is 7.91. The van der Waals surface area contributed by atoms with E-state index in [2.05, 4.69) is 4.90 Å². The number of aromatic hydroxyl groups is 2. The molecule has 11 heteroatoms. The second-order valence-corrected chi connectivity index (χ2v) is 15.1. The molecule has 5 nitrogen and oxygen atoms in total. The van der Waals surface area contributed by atoms with Gasteiger partial charge in [-0.25, -0.2) is 8.42 Å². The lowest BCUT2D eigenvalue weighted by Gasteiger charge is -2.24. The molecule has 0 saturated carbocycles. The van der Waals surface area contributed by atoms with Crippen LogP contribution in [-0.2, 0) is 16.3 Å². The lowest BCUT2D eigenvalue weighted by atomic mass is 9.89. The number of fused-ring (bicyclic) bond motifs is 1. The topological polar surface area (TPSA) is 77.8 Å². The lowest BCUT2D eigenvalue weighted by Crippen LogP contribution is -2.36. The van der Waals surface area contributed by atoms with Crippen molar-refractivity contribution in [2.24, 2.45) is 0 Å². The minimum Gasteiger partial charge on any atom is -0.508 e. The molecule has 2 aromatic carbocycles. The number of halogens is 5. The van der Waals surface area contributed by atoms with Crippen molar-refractivity contribution >= 4 is 21.0 Å². The quantitative estimate of drug-likeness (QED) is 0.138. The van der Waals surface area contributed by atoms with Gasteiger partial charge in [0.15, 0.2) is 0 Å². The number of allylic oxidation sites excluding steroid dienone is 2. The van der Waals surface area contributed by atoms with Crippen LogP contribution in [-0.4, -0.2) is 66.3 Å². The molecule has 0 spiro atoms. The smallest absolute Gasteiger partial charge is 0.453 e. The van der Waals surface area contributed by atoms with Crippen molar-refractivity contribution < 1.29 is 40.6 Å². The van der Waals surface area contributed by atoms with Crippen molar-refractivity contribution in [2.75, 3.05) is 24.6 Å². The summed E-state index contributed by atoms with van der Waals surface area (Å²) in [6.45, 7) is 1.87.